The van der Waals surface area contributed by atoms with Crippen LogP contribution in [-0.4, -0.2) is 22.0 Å². The normalized spacial score (nSPS) is 11.5. The highest BCUT2D eigenvalue weighted by molar-refractivity contribution is 7.71. The van der Waals surface area contributed by atoms with Crippen molar-refractivity contribution < 1.29 is 4.79 Å². The summed E-state index contributed by atoms with van der Waals surface area (Å²) in [6, 6.07) is 0. The Morgan fingerprint density at radius 3 is 2.71 bits per heavy atom. The van der Waals surface area contributed by atoms with Crippen molar-refractivity contribution in [1.29, 1.82) is 0 Å². The first-order valence-corrected chi connectivity index (χ1v) is 6.32. The van der Waals surface area contributed by atoms with Crippen molar-refractivity contribution in [3.8, 4) is 0 Å². The molecule has 0 fully saturated rings. The first kappa shape index (κ1) is 14.0. The maximum Gasteiger partial charge on any atom is 0.221 e. The number of imidazole rings is 1. The van der Waals surface area contributed by atoms with Gasteiger partial charge in [-0.3, -0.25) is 4.79 Å². The molecule has 1 aromatic heterocycles. The largest absolute Gasteiger partial charge is 0.356 e. The zero-order valence-electron chi connectivity index (χ0n) is 11.0. The van der Waals surface area contributed by atoms with Gasteiger partial charge in [0.05, 0.1) is 0 Å². The van der Waals surface area contributed by atoms with Crippen LogP contribution in [0.3, 0.4) is 0 Å². The Bertz CT molecular complexity index is 439. The smallest absolute Gasteiger partial charge is 0.221 e. The van der Waals surface area contributed by atoms with E-state index >= 15 is 0 Å². The number of hydrogen-bond donors (Lipinski definition) is 2. The molecule has 0 unspecified atom stereocenters. The lowest BCUT2D eigenvalue weighted by Crippen LogP contribution is -2.25. The molecule has 1 aromatic rings. The first-order valence-electron chi connectivity index (χ1n) is 5.91. The van der Waals surface area contributed by atoms with Crippen molar-refractivity contribution in [3.63, 3.8) is 0 Å². The monoisotopic (exact) mass is 255 g/mol. The second-order valence-corrected chi connectivity index (χ2v) is 5.47. The van der Waals surface area contributed by atoms with Gasteiger partial charge >= 0.3 is 0 Å². The first-order chi connectivity index (χ1) is 7.86. The third kappa shape index (κ3) is 3.70. The van der Waals surface area contributed by atoms with Crippen LogP contribution in [0.25, 0.3) is 0 Å². The zero-order chi connectivity index (χ0) is 13.1. The fraction of sp³-hybridized carbons (Fsp3) is 0.667. The Morgan fingerprint density at radius 2 is 2.18 bits per heavy atom. The minimum atomic E-state index is 0.0226. The number of H-pyrrole nitrogens is 1. The van der Waals surface area contributed by atoms with E-state index in [1.807, 2.05) is 17.7 Å². The molecular weight excluding hydrogens is 234 g/mol. The average Bonchev–Trinajstić information content (AvgIpc) is 2.57. The maximum atomic E-state index is 11.4. The van der Waals surface area contributed by atoms with E-state index < -0.39 is 0 Å². The van der Waals surface area contributed by atoms with Crippen molar-refractivity contribution in [3.05, 3.63) is 16.7 Å². The van der Waals surface area contributed by atoms with Crippen LogP contribution in [0.2, 0.25) is 0 Å². The lowest BCUT2D eigenvalue weighted by Gasteiger charge is -2.20. The van der Waals surface area contributed by atoms with Crippen molar-refractivity contribution in [2.24, 2.45) is 0 Å². The van der Waals surface area contributed by atoms with E-state index in [1.165, 1.54) is 0 Å². The highest BCUT2D eigenvalue weighted by atomic mass is 32.1. The van der Waals surface area contributed by atoms with Crippen LogP contribution in [-0.2, 0) is 16.8 Å². The van der Waals surface area contributed by atoms with Gasteiger partial charge < -0.3 is 14.9 Å². The van der Waals surface area contributed by atoms with Gasteiger partial charge in [0.25, 0.3) is 0 Å². The van der Waals surface area contributed by atoms with E-state index in [4.69, 9.17) is 12.2 Å². The standard InChI is InChI=1S/C12H21N3OS/c1-5-13-10(16)6-7-15-9(12(2,3)4)8-14-11(15)17/h8H,5-7H2,1-4H3,(H,13,16)(H,14,17). The van der Waals surface area contributed by atoms with Crippen LogP contribution in [0.4, 0.5) is 0 Å². The van der Waals surface area contributed by atoms with Crippen LogP contribution in [0, 0.1) is 4.77 Å². The number of rotatable bonds is 4. The van der Waals surface area contributed by atoms with Crippen molar-refractivity contribution in [2.45, 2.75) is 46.1 Å². The Balaban J connectivity index is 2.81. The predicted molar refractivity (Wildman–Crippen MR) is 71.6 cm³/mol. The second-order valence-electron chi connectivity index (χ2n) is 5.08. The fourth-order valence-corrected chi connectivity index (χ4v) is 1.99. The lowest BCUT2D eigenvalue weighted by atomic mass is 9.92. The van der Waals surface area contributed by atoms with Gasteiger partial charge in [0.1, 0.15) is 0 Å². The number of carbonyl (C=O) groups is 1. The van der Waals surface area contributed by atoms with Gasteiger partial charge in [-0.1, -0.05) is 20.8 Å². The number of hydrogen-bond acceptors (Lipinski definition) is 2. The Hall–Kier alpha value is -1.10. The number of carbonyl (C=O) groups excluding carboxylic acids is 1. The summed E-state index contributed by atoms with van der Waals surface area (Å²) < 4.78 is 2.68. The Morgan fingerprint density at radius 1 is 1.53 bits per heavy atom. The molecule has 96 valence electrons. The lowest BCUT2D eigenvalue weighted by molar-refractivity contribution is -0.121. The van der Waals surface area contributed by atoms with Crippen molar-refractivity contribution in [1.82, 2.24) is 14.9 Å². The minimum absolute atomic E-state index is 0.0226. The van der Waals surface area contributed by atoms with Crippen LogP contribution >= 0.6 is 12.2 Å². The zero-order valence-corrected chi connectivity index (χ0v) is 11.8. The second kappa shape index (κ2) is 5.49. The summed E-state index contributed by atoms with van der Waals surface area (Å²) in [5, 5.41) is 2.79. The Labute approximate surface area is 107 Å². The minimum Gasteiger partial charge on any atom is -0.356 e. The molecular formula is C12H21N3OS. The topological polar surface area (TPSA) is 49.8 Å². The van der Waals surface area contributed by atoms with Gasteiger partial charge in [-0.25, -0.2) is 0 Å². The predicted octanol–water partition coefficient (Wildman–Crippen LogP) is 2.37. The summed E-state index contributed by atoms with van der Waals surface area (Å²) in [4.78, 5) is 14.5. The molecule has 0 spiro atoms. The molecule has 5 heteroatoms. The summed E-state index contributed by atoms with van der Waals surface area (Å²) in [6.07, 6.45) is 2.39. The number of amides is 1. The number of nitrogens with one attached hydrogen (secondary N) is 2. The molecule has 0 bridgehead atoms. The molecule has 0 saturated heterocycles. The van der Waals surface area contributed by atoms with E-state index in [9.17, 15) is 4.79 Å². The van der Waals surface area contributed by atoms with Gasteiger partial charge in [-0.15, -0.1) is 0 Å². The van der Waals surface area contributed by atoms with Crippen molar-refractivity contribution in [2.75, 3.05) is 6.54 Å². The number of aromatic amines is 1. The molecule has 4 nitrogen and oxygen atoms in total. The average molecular weight is 255 g/mol. The van der Waals surface area contributed by atoms with Crippen LogP contribution in [0.15, 0.2) is 6.20 Å². The molecule has 0 radical (unpaired) electrons. The van der Waals surface area contributed by atoms with E-state index in [2.05, 4.69) is 31.1 Å². The molecule has 17 heavy (non-hydrogen) atoms. The van der Waals surface area contributed by atoms with E-state index in [-0.39, 0.29) is 11.3 Å². The van der Waals surface area contributed by atoms with Gasteiger partial charge in [-0.05, 0) is 19.1 Å². The van der Waals surface area contributed by atoms with Crippen LogP contribution in [0.5, 0.6) is 0 Å². The van der Waals surface area contributed by atoms with Crippen LogP contribution < -0.4 is 5.32 Å². The van der Waals surface area contributed by atoms with E-state index in [0.29, 0.717) is 24.3 Å². The van der Waals surface area contributed by atoms with E-state index in [0.717, 1.165) is 5.69 Å². The van der Waals surface area contributed by atoms with Gasteiger partial charge in [0.2, 0.25) is 5.91 Å². The van der Waals surface area contributed by atoms with Gasteiger partial charge in [0, 0.05) is 36.8 Å². The molecule has 0 aliphatic rings. The van der Waals surface area contributed by atoms with Crippen LogP contribution in [0.1, 0.15) is 39.8 Å². The van der Waals surface area contributed by atoms with Gasteiger partial charge in [0.15, 0.2) is 4.77 Å². The molecule has 0 aliphatic heterocycles. The summed E-state index contributed by atoms with van der Waals surface area (Å²) in [7, 11) is 0. The SMILES string of the molecule is CCNC(=O)CCn1c(C(C)(C)C)c[nH]c1=S. The molecule has 1 heterocycles. The molecule has 0 aliphatic carbocycles. The molecule has 0 atom stereocenters. The summed E-state index contributed by atoms with van der Waals surface area (Å²) in [5.74, 6) is 0.0652. The summed E-state index contributed by atoms with van der Waals surface area (Å²) in [5.41, 5.74) is 1.15. The van der Waals surface area contributed by atoms with E-state index in [1.54, 1.807) is 0 Å². The molecule has 2 N–H and O–H groups in total. The summed E-state index contributed by atoms with van der Waals surface area (Å²) >= 11 is 5.23. The molecule has 1 rings (SSSR count). The third-order valence-corrected chi connectivity index (χ3v) is 2.91. The van der Waals surface area contributed by atoms with Gasteiger partial charge in [-0.2, -0.15) is 0 Å². The Kier molecular flexibility index (Phi) is 4.51. The fourth-order valence-electron chi connectivity index (χ4n) is 1.74. The molecule has 1 amide bonds. The highest BCUT2D eigenvalue weighted by Gasteiger charge is 2.19. The number of aromatic nitrogens is 2. The molecule has 0 aromatic carbocycles. The van der Waals surface area contributed by atoms with Crippen molar-refractivity contribution >= 4 is 18.1 Å². The summed E-state index contributed by atoms with van der Waals surface area (Å²) in [6.45, 7) is 9.61. The third-order valence-electron chi connectivity index (χ3n) is 2.57. The molecule has 0 saturated carbocycles. The number of nitrogens with zero attached hydrogens (tertiary/aromatic N) is 1. The highest BCUT2D eigenvalue weighted by Crippen LogP contribution is 2.22. The maximum absolute atomic E-state index is 11.4. The quantitative estimate of drug-likeness (QED) is 0.812.